The third kappa shape index (κ3) is 4.94. The summed E-state index contributed by atoms with van der Waals surface area (Å²) in [6, 6.07) is 10.7. The Morgan fingerprint density at radius 1 is 1.30 bits per heavy atom. The standard InChI is InChI=1S/C16H17NO4S2/c1-3-21-16(18)15-12(2)11-14(22-15)17-23(19,20)10-9-13-7-5-4-6-8-13/h4-11,17H,3H2,1-2H3. The highest BCUT2D eigenvalue weighted by molar-refractivity contribution is 7.95. The van der Waals surface area contributed by atoms with Crippen molar-refractivity contribution < 1.29 is 17.9 Å². The highest BCUT2D eigenvalue weighted by Gasteiger charge is 2.16. The lowest BCUT2D eigenvalue weighted by Crippen LogP contribution is -2.07. The molecule has 0 unspecified atom stereocenters. The number of benzene rings is 1. The molecule has 0 saturated carbocycles. The van der Waals surface area contributed by atoms with Gasteiger partial charge in [-0.1, -0.05) is 30.3 Å². The summed E-state index contributed by atoms with van der Waals surface area (Å²) in [6.07, 6.45) is 1.51. The van der Waals surface area contributed by atoms with E-state index in [1.165, 1.54) is 6.08 Å². The van der Waals surface area contributed by atoms with Crippen LogP contribution in [-0.4, -0.2) is 21.0 Å². The second kappa shape index (κ2) is 7.43. The van der Waals surface area contributed by atoms with E-state index >= 15 is 0 Å². The summed E-state index contributed by atoms with van der Waals surface area (Å²) in [5, 5.41) is 1.48. The Kier molecular flexibility index (Phi) is 5.57. The lowest BCUT2D eigenvalue weighted by Gasteiger charge is -2.01. The van der Waals surface area contributed by atoms with Crippen molar-refractivity contribution in [1.29, 1.82) is 0 Å². The summed E-state index contributed by atoms with van der Waals surface area (Å²) in [5.74, 6) is -0.444. The molecule has 7 heteroatoms. The predicted octanol–water partition coefficient (Wildman–Crippen LogP) is 3.65. The Balaban J connectivity index is 2.13. The smallest absolute Gasteiger partial charge is 0.348 e. The van der Waals surface area contributed by atoms with Gasteiger partial charge in [0.1, 0.15) is 9.88 Å². The molecule has 0 aliphatic rings. The molecule has 0 amide bonds. The van der Waals surface area contributed by atoms with E-state index in [0.29, 0.717) is 15.4 Å². The lowest BCUT2D eigenvalue weighted by molar-refractivity contribution is 0.0531. The van der Waals surface area contributed by atoms with E-state index in [1.54, 1.807) is 32.0 Å². The first-order chi connectivity index (χ1) is 10.9. The summed E-state index contributed by atoms with van der Waals surface area (Å²) in [4.78, 5) is 12.2. The third-order valence-corrected chi connectivity index (χ3v) is 5.12. The van der Waals surface area contributed by atoms with Crippen LogP contribution in [0.15, 0.2) is 41.8 Å². The monoisotopic (exact) mass is 351 g/mol. The van der Waals surface area contributed by atoms with Gasteiger partial charge < -0.3 is 4.74 Å². The summed E-state index contributed by atoms with van der Waals surface area (Å²) in [7, 11) is -3.65. The van der Waals surface area contributed by atoms with Crippen LogP contribution in [0.3, 0.4) is 0 Å². The van der Waals surface area contributed by atoms with Crippen LogP contribution in [0.1, 0.15) is 27.7 Å². The maximum absolute atomic E-state index is 12.1. The van der Waals surface area contributed by atoms with Gasteiger partial charge in [-0.3, -0.25) is 4.72 Å². The molecule has 1 heterocycles. The number of ether oxygens (including phenoxy) is 1. The van der Waals surface area contributed by atoms with E-state index < -0.39 is 16.0 Å². The SMILES string of the molecule is CCOC(=O)c1sc(NS(=O)(=O)C=Cc2ccccc2)cc1C. The number of aryl methyl sites for hydroxylation is 1. The maximum Gasteiger partial charge on any atom is 0.348 e. The van der Waals surface area contributed by atoms with E-state index in [9.17, 15) is 13.2 Å². The largest absolute Gasteiger partial charge is 0.462 e. The molecule has 2 rings (SSSR count). The van der Waals surface area contributed by atoms with Crippen molar-refractivity contribution in [3.05, 3.63) is 57.8 Å². The van der Waals surface area contributed by atoms with Crippen LogP contribution in [0.4, 0.5) is 5.00 Å². The molecule has 0 fully saturated rings. The number of sulfonamides is 1. The molecule has 5 nitrogen and oxygen atoms in total. The summed E-state index contributed by atoms with van der Waals surface area (Å²) in [5.41, 5.74) is 1.46. The third-order valence-electron chi connectivity index (χ3n) is 2.86. The van der Waals surface area contributed by atoms with Crippen molar-refractivity contribution in [2.24, 2.45) is 0 Å². The first-order valence-corrected chi connectivity index (χ1v) is 9.31. The van der Waals surface area contributed by atoms with E-state index in [4.69, 9.17) is 4.74 Å². The van der Waals surface area contributed by atoms with Gasteiger partial charge in [-0.15, -0.1) is 11.3 Å². The average Bonchev–Trinajstić information content (AvgIpc) is 2.86. The number of hydrogen-bond acceptors (Lipinski definition) is 5. The van der Waals surface area contributed by atoms with E-state index in [1.807, 2.05) is 18.2 Å². The molecule has 1 aromatic heterocycles. The molecule has 122 valence electrons. The number of carbonyl (C=O) groups is 1. The molecular weight excluding hydrogens is 334 g/mol. The second-order valence-electron chi connectivity index (χ2n) is 4.70. The summed E-state index contributed by atoms with van der Waals surface area (Å²) < 4.78 is 31.5. The molecule has 0 atom stereocenters. The zero-order valence-electron chi connectivity index (χ0n) is 12.8. The van der Waals surface area contributed by atoms with Gasteiger partial charge >= 0.3 is 5.97 Å². The Bertz CT molecular complexity index is 808. The van der Waals surface area contributed by atoms with E-state index in [0.717, 1.165) is 22.3 Å². The molecule has 1 aromatic carbocycles. The number of carbonyl (C=O) groups excluding carboxylic acids is 1. The van der Waals surface area contributed by atoms with E-state index in [-0.39, 0.29) is 6.61 Å². The van der Waals surface area contributed by atoms with Gasteiger partial charge in [0, 0.05) is 0 Å². The second-order valence-corrected chi connectivity index (χ2v) is 7.32. The van der Waals surface area contributed by atoms with Gasteiger partial charge in [0.2, 0.25) is 0 Å². The summed E-state index contributed by atoms with van der Waals surface area (Å²) >= 11 is 1.06. The Morgan fingerprint density at radius 2 is 2.00 bits per heavy atom. The molecule has 0 bridgehead atoms. The number of hydrogen-bond donors (Lipinski definition) is 1. The quantitative estimate of drug-likeness (QED) is 0.807. The molecule has 1 N–H and O–H groups in total. The minimum atomic E-state index is -3.65. The minimum absolute atomic E-state index is 0.275. The molecule has 0 spiro atoms. The van der Waals surface area contributed by atoms with Gasteiger partial charge in [-0.25, -0.2) is 13.2 Å². The Labute approximate surface area is 139 Å². The van der Waals surface area contributed by atoms with Gasteiger partial charge in [0.15, 0.2) is 0 Å². The first-order valence-electron chi connectivity index (χ1n) is 6.95. The van der Waals surface area contributed by atoms with Crippen molar-refractivity contribution >= 4 is 38.4 Å². The number of esters is 1. The average molecular weight is 351 g/mol. The van der Waals surface area contributed by atoms with Crippen molar-refractivity contribution in [3.63, 3.8) is 0 Å². The fourth-order valence-corrected chi connectivity index (χ4v) is 3.91. The maximum atomic E-state index is 12.1. The fraction of sp³-hybridized carbons (Fsp3) is 0.188. The molecule has 0 aliphatic heterocycles. The van der Waals surface area contributed by atoms with Crippen molar-refractivity contribution in [2.75, 3.05) is 11.3 Å². The zero-order chi connectivity index (χ0) is 16.9. The van der Waals surface area contributed by atoms with Crippen LogP contribution in [0.2, 0.25) is 0 Å². The Hall–Kier alpha value is -2.12. The normalized spacial score (nSPS) is 11.6. The predicted molar refractivity (Wildman–Crippen MR) is 93.0 cm³/mol. The molecule has 0 radical (unpaired) electrons. The van der Waals surface area contributed by atoms with Gasteiger partial charge in [0.25, 0.3) is 10.0 Å². The van der Waals surface area contributed by atoms with Crippen LogP contribution in [0, 0.1) is 6.92 Å². The Morgan fingerprint density at radius 3 is 2.65 bits per heavy atom. The van der Waals surface area contributed by atoms with Crippen molar-refractivity contribution in [2.45, 2.75) is 13.8 Å². The van der Waals surface area contributed by atoms with Crippen molar-refractivity contribution in [3.8, 4) is 0 Å². The van der Waals surface area contributed by atoms with Gasteiger partial charge in [0.05, 0.1) is 12.0 Å². The van der Waals surface area contributed by atoms with Crippen LogP contribution in [-0.2, 0) is 14.8 Å². The highest BCUT2D eigenvalue weighted by Crippen LogP contribution is 2.28. The topological polar surface area (TPSA) is 72.5 Å². The molecular formula is C16H17NO4S2. The number of anilines is 1. The zero-order valence-corrected chi connectivity index (χ0v) is 14.4. The number of rotatable bonds is 6. The highest BCUT2D eigenvalue weighted by atomic mass is 32.2. The molecule has 2 aromatic rings. The minimum Gasteiger partial charge on any atom is -0.462 e. The number of nitrogens with one attached hydrogen (secondary N) is 1. The fourth-order valence-electron chi connectivity index (χ4n) is 1.84. The molecule has 0 saturated heterocycles. The lowest BCUT2D eigenvalue weighted by atomic mass is 10.2. The van der Waals surface area contributed by atoms with E-state index in [2.05, 4.69) is 4.72 Å². The van der Waals surface area contributed by atoms with Gasteiger partial charge in [-0.2, -0.15) is 0 Å². The van der Waals surface area contributed by atoms with Crippen LogP contribution < -0.4 is 4.72 Å². The van der Waals surface area contributed by atoms with Crippen LogP contribution >= 0.6 is 11.3 Å². The van der Waals surface area contributed by atoms with Gasteiger partial charge in [-0.05, 0) is 37.1 Å². The molecule has 23 heavy (non-hydrogen) atoms. The summed E-state index contributed by atoms with van der Waals surface area (Å²) in [6.45, 7) is 3.73. The first kappa shape index (κ1) is 17.2. The molecule has 0 aliphatic carbocycles. The van der Waals surface area contributed by atoms with Crippen molar-refractivity contribution in [1.82, 2.24) is 0 Å². The number of thiophene rings is 1. The van der Waals surface area contributed by atoms with Crippen LogP contribution in [0.5, 0.6) is 0 Å². The van der Waals surface area contributed by atoms with Crippen LogP contribution in [0.25, 0.3) is 6.08 Å².